The van der Waals surface area contributed by atoms with Crippen molar-refractivity contribution in [2.24, 2.45) is 11.7 Å². The van der Waals surface area contributed by atoms with Crippen LogP contribution in [0.4, 0.5) is 0 Å². The van der Waals surface area contributed by atoms with Gasteiger partial charge in [0.25, 0.3) is 0 Å². The molecule has 0 bridgehead atoms. The number of carbonyl (C=O) groups is 4. The molecule has 1 aromatic carbocycles. The van der Waals surface area contributed by atoms with E-state index < -0.39 is 35.8 Å². The van der Waals surface area contributed by atoms with E-state index >= 15 is 0 Å². The van der Waals surface area contributed by atoms with Crippen LogP contribution in [0.1, 0.15) is 31.2 Å². The Kier molecular flexibility index (Phi) is 7.47. The maximum atomic E-state index is 12.8. The van der Waals surface area contributed by atoms with Gasteiger partial charge >= 0.3 is 11.9 Å². The summed E-state index contributed by atoms with van der Waals surface area (Å²) in [6.07, 6.45) is 2.50. The first-order chi connectivity index (χ1) is 15.3. The summed E-state index contributed by atoms with van der Waals surface area (Å²) in [4.78, 5) is 52.0. The Morgan fingerprint density at radius 3 is 2.50 bits per heavy atom. The van der Waals surface area contributed by atoms with Crippen molar-refractivity contribution in [1.29, 1.82) is 0 Å². The number of fused-ring (bicyclic) bond motifs is 1. The summed E-state index contributed by atoms with van der Waals surface area (Å²) >= 11 is 0. The number of aromatic nitrogens is 1. The summed E-state index contributed by atoms with van der Waals surface area (Å²) in [6.45, 7) is 0.705. The predicted octanol–water partition coefficient (Wildman–Crippen LogP) is 0.711. The van der Waals surface area contributed by atoms with Gasteiger partial charge in [-0.15, -0.1) is 0 Å². The van der Waals surface area contributed by atoms with Crippen LogP contribution in [0.25, 0.3) is 10.9 Å². The molecule has 0 radical (unpaired) electrons. The number of amides is 2. The smallest absolute Gasteiger partial charge is 0.326 e. The molecule has 6 N–H and O–H groups in total. The second-order valence-electron chi connectivity index (χ2n) is 8.10. The maximum Gasteiger partial charge on any atom is 0.326 e. The molecular weight excluding hydrogens is 416 g/mol. The van der Waals surface area contributed by atoms with Crippen molar-refractivity contribution in [3.05, 3.63) is 36.0 Å². The molecule has 2 unspecified atom stereocenters. The first-order valence-electron chi connectivity index (χ1n) is 10.6. The van der Waals surface area contributed by atoms with Crippen LogP contribution < -0.4 is 11.1 Å². The molecular formula is C22H28N4O6. The normalized spacial score (nSPS) is 16.5. The van der Waals surface area contributed by atoms with E-state index in [0.717, 1.165) is 16.5 Å². The molecule has 10 nitrogen and oxygen atoms in total. The SMILES string of the molecule is NC(Cc1c[nH]c2ccccc12)C(=O)N1CCC(C(=O)NC(CCC(=O)O)C(=O)O)CC1. The number of carbonyl (C=O) groups excluding carboxylic acids is 2. The minimum atomic E-state index is -1.27. The Bertz CT molecular complexity index is 995. The number of rotatable bonds is 9. The molecule has 1 aliphatic rings. The zero-order chi connectivity index (χ0) is 23.3. The Morgan fingerprint density at radius 1 is 1.16 bits per heavy atom. The molecule has 0 aliphatic carbocycles. The highest BCUT2D eigenvalue weighted by molar-refractivity contribution is 5.87. The molecule has 172 valence electrons. The number of nitrogens with zero attached hydrogens (tertiary/aromatic N) is 1. The van der Waals surface area contributed by atoms with Gasteiger partial charge in [-0.25, -0.2) is 4.79 Å². The molecule has 2 amide bonds. The summed E-state index contributed by atoms with van der Waals surface area (Å²) < 4.78 is 0. The van der Waals surface area contributed by atoms with Gasteiger partial charge in [0.1, 0.15) is 6.04 Å². The molecule has 0 spiro atoms. The fourth-order valence-corrected chi connectivity index (χ4v) is 4.04. The highest BCUT2D eigenvalue weighted by Crippen LogP contribution is 2.21. The standard InChI is InChI=1S/C22H28N4O6/c23-16(11-14-12-24-17-4-2-1-3-15(14)17)21(30)26-9-7-13(8-10-26)20(29)25-18(22(31)32)5-6-19(27)28/h1-4,12-13,16,18,24H,5-11,23H2,(H,25,29)(H,27,28)(H,31,32). The van der Waals surface area contributed by atoms with Gasteiger partial charge in [-0.1, -0.05) is 18.2 Å². The van der Waals surface area contributed by atoms with Crippen molar-refractivity contribution in [3.63, 3.8) is 0 Å². The van der Waals surface area contributed by atoms with Crippen molar-refractivity contribution in [2.45, 2.75) is 44.2 Å². The molecule has 3 rings (SSSR count). The molecule has 1 aromatic heterocycles. The number of carboxylic acids is 2. The molecule has 2 atom stereocenters. The summed E-state index contributed by atoms with van der Waals surface area (Å²) in [5.41, 5.74) is 8.14. The summed E-state index contributed by atoms with van der Waals surface area (Å²) in [7, 11) is 0. The van der Waals surface area contributed by atoms with Crippen molar-refractivity contribution in [1.82, 2.24) is 15.2 Å². The Hall–Kier alpha value is -3.40. The highest BCUT2D eigenvalue weighted by atomic mass is 16.4. The Morgan fingerprint density at radius 2 is 1.84 bits per heavy atom. The van der Waals surface area contributed by atoms with E-state index in [1.165, 1.54) is 0 Å². The van der Waals surface area contributed by atoms with Gasteiger partial charge in [0.15, 0.2) is 0 Å². The van der Waals surface area contributed by atoms with Crippen molar-refractivity contribution in [3.8, 4) is 0 Å². The first-order valence-corrected chi connectivity index (χ1v) is 10.6. The lowest BCUT2D eigenvalue weighted by Gasteiger charge is -2.33. The van der Waals surface area contributed by atoms with E-state index in [2.05, 4.69) is 10.3 Å². The molecule has 10 heteroatoms. The van der Waals surface area contributed by atoms with E-state index in [4.69, 9.17) is 10.8 Å². The van der Waals surface area contributed by atoms with Crippen LogP contribution in [0.3, 0.4) is 0 Å². The van der Waals surface area contributed by atoms with E-state index in [0.29, 0.717) is 32.4 Å². The zero-order valence-corrected chi connectivity index (χ0v) is 17.6. The number of piperidine rings is 1. The molecule has 32 heavy (non-hydrogen) atoms. The first kappa shape index (κ1) is 23.3. The Balaban J connectivity index is 1.50. The quantitative estimate of drug-likeness (QED) is 0.380. The monoisotopic (exact) mass is 444 g/mol. The summed E-state index contributed by atoms with van der Waals surface area (Å²) in [5, 5.41) is 21.4. The van der Waals surface area contributed by atoms with E-state index in [9.17, 15) is 24.3 Å². The largest absolute Gasteiger partial charge is 0.481 e. The van der Waals surface area contributed by atoms with Gasteiger partial charge in [-0.2, -0.15) is 0 Å². The number of aromatic amines is 1. The van der Waals surface area contributed by atoms with E-state index in [-0.39, 0.29) is 18.7 Å². The lowest BCUT2D eigenvalue weighted by molar-refractivity contribution is -0.144. The number of hydrogen-bond acceptors (Lipinski definition) is 5. The average Bonchev–Trinajstić information content (AvgIpc) is 3.18. The number of likely N-dealkylation sites (tertiary alicyclic amines) is 1. The number of benzene rings is 1. The minimum Gasteiger partial charge on any atom is -0.481 e. The number of H-pyrrole nitrogens is 1. The van der Waals surface area contributed by atoms with Crippen LogP contribution in [0.2, 0.25) is 0 Å². The third-order valence-electron chi connectivity index (χ3n) is 5.87. The molecule has 0 saturated carbocycles. The van der Waals surface area contributed by atoms with E-state index in [1.807, 2.05) is 30.5 Å². The molecule has 1 saturated heterocycles. The zero-order valence-electron chi connectivity index (χ0n) is 17.6. The summed E-state index contributed by atoms with van der Waals surface area (Å²) in [6, 6.07) is 5.84. The second-order valence-corrected chi connectivity index (χ2v) is 8.10. The van der Waals surface area contributed by atoms with Crippen molar-refractivity contribution < 1.29 is 29.4 Å². The molecule has 1 fully saturated rings. The number of carboxylic acid groups (broad SMARTS) is 2. The fourth-order valence-electron chi connectivity index (χ4n) is 4.04. The number of nitrogens with two attached hydrogens (primary N) is 1. The van der Waals surface area contributed by atoms with Crippen molar-refractivity contribution in [2.75, 3.05) is 13.1 Å². The maximum absolute atomic E-state index is 12.8. The second kappa shape index (κ2) is 10.3. The van der Waals surface area contributed by atoms with Gasteiger partial charge < -0.3 is 31.1 Å². The predicted molar refractivity (Wildman–Crippen MR) is 116 cm³/mol. The molecule has 2 aromatic rings. The van der Waals surface area contributed by atoms with E-state index in [1.54, 1.807) is 4.90 Å². The van der Waals surface area contributed by atoms with Gasteiger partial charge in [-0.3, -0.25) is 14.4 Å². The molecule has 1 aliphatic heterocycles. The van der Waals surface area contributed by atoms with Crippen LogP contribution in [-0.2, 0) is 25.6 Å². The minimum absolute atomic E-state index is 0.181. The Labute approximate surface area is 184 Å². The van der Waals surface area contributed by atoms with Crippen LogP contribution in [0, 0.1) is 5.92 Å². The lowest BCUT2D eigenvalue weighted by Crippen LogP contribution is -2.51. The topological polar surface area (TPSA) is 166 Å². The van der Waals surface area contributed by atoms with Gasteiger partial charge in [0.05, 0.1) is 6.04 Å². The number of hydrogen-bond donors (Lipinski definition) is 5. The third kappa shape index (κ3) is 5.64. The van der Waals surface area contributed by atoms with Crippen LogP contribution in [-0.4, -0.2) is 69.0 Å². The van der Waals surface area contributed by atoms with Crippen LogP contribution in [0.15, 0.2) is 30.5 Å². The molecule has 2 heterocycles. The number of nitrogens with one attached hydrogen (secondary N) is 2. The fraction of sp³-hybridized carbons (Fsp3) is 0.455. The number of aliphatic carboxylic acids is 2. The summed E-state index contributed by atoms with van der Waals surface area (Å²) in [5.74, 6) is -3.44. The highest BCUT2D eigenvalue weighted by Gasteiger charge is 2.31. The van der Waals surface area contributed by atoms with Crippen LogP contribution in [0.5, 0.6) is 0 Å². The van der Waals surface area contributed by atoms with Gasteiger partial charge in [0.2, 0.25) is 11.8 Å². The average molecular weight is 444 g/mol. The lowest BCUT2D eigenvalue weighted by atomic mass is 9.94. The van der Waals surface area contributed by atoms with Crippen molar-refractivity contribution >= 4 is 34.7 Å². The van der Waals surface area contributed by atoms with Gasteiger partial charge in [-0.05, 0) is 37.3 Å². The number of para-hydroxylation sites is 1. The van der Waals surface area contributed by atoms with Crippen LogP contribution >= 0.6 is 0 Å². The van der Waals surface area contributed by atoms with Gasteiger partial charge in [0, 0.05) is 42.5 Å². The third-order valence-corrected chi connectivity index (χ3v) is 5.87.